The lowest BCUT2D eigenvalue weighted by Gasteiger charge is -2.01. The Balaban J connectivity index is 2.80. The molecule has 0 aliphatic carbocycles. The molecule has 0 aliphatic heterocycles. The van der Waals surface area contributed by atoms with Crippen molar-refractivity contribution >= 4 is 5.69 Å². The van der Waals surface area contributed by atoms with Crippen LogP contribution >= 0.6 is 0 Å². The number of hydrogen-bond donors (Lipinski definition) is 1. The van der Waals surface area contributed by atoms with Crippen LogP contribution in [-0.2, 0) is 0 Å². The maximum Gasteiger partial charge on any atom is 0.147 e. The van der Waals surface area contributed by atoms with Crippen LogP contribution in [0.15, 0.2) is 17.2 Å². The minimum absolute atomic E-state index is 0.122. The largest absolute Gasteiger partial charge is 0.396 e. The van der Waals surface area contributed by atoms with Crippen LogP contribution in [0.2, 0.25) is 0 Å². The fourth-order valence-electron chi connectivity index (χ4n) is 1.15. The number of aryl methyl sites for hydroxylation is 1. The molecule has 1 rings (SSSR count). The summed E-state index contributed by atoms with van der Waals surface area (Å²) >= 11 is 0. The zero-order valence-corrected chi connectivity index (χ0v) is 8.87. The molecule has 2 N–H and O–H groups in total. The van der Waals surface area contributed by atoms with Gasteiger partial charge in [0, 0.05) is 23.4 Å². The molecule has 0 unspecified atom stereocenters. The van der Waals surface area contributed by atoms with Crippen molar-refractivity contribution in [2.75, 3.05) is 12.3 Å². The van der Waals surface area contributed by atoms with Gasteiger partial charge in [-0.15, -0.1) is 0 Å². The van der Waals surface area contributed by atoms with Gasteiger partial charge in [0.1, 0.15) is 5.82 Å². The molecule has 0 atom stereocenters. The molecular formula is C11H11FN4. The lowest BCUT2D eigenvalue weighted by Crippen LogP contribution is -1.93. The van der Waals surface area contributed by atoms with Crippen molar-refractivity contribution in [3.63, 3.8) is 0 Å². The van der Waals surface area contributed by atoms with Gasteiger partial charge in [-0.2, -0.15) is 0 Å². The number of halogens is 1. The molecule has 5 heteroatoms. The van der Waals surface area contributed by atoms with Crippen molar-refractivity contribution in [3.8, 4) is 11.8 Å². The topological polar surface area (TPSA) is 74.8 Å². The highest BCUT2D eigenvalue weighted by Crippen LogP contribution is 2.16. The zero-order chi connectivity index (χ0) is 12.0. The lowest BCUT2D eigenvalue weighted by molar-refractivity contribution is 0.631. The summed E-state index contributed by atoms with van der Waals surface area (Å²) in [7, 11) is 0. The molecule has 4 nitrogen and oxygen atoms in total. The zero-order valence-electron chi connectivity index (χ0n) is 8.87. The summed E-state index contributed by atoms with van der Waals surface area (Å²) in [5, 5.41) is 3.34. The monoisotopic (exact) mass is 218 g/mol. The predicted octanol–water partition coefficient (Wildman–Crippen LogP) is 2.77. The highest BCUT2D eigenvalue weighted by Gasteiger charge is 2.01. The minimum Gasteiger partial charge on any atom is -0.396 e. The van der Waals surface area contributed by atoms with Crippen molar-refractivity contribution in [3.05, 3.63) is 39.5 Å². The Morgan fingerprint density at radius 1 is 1.56 bits per heavy atom. The third-order valence-corrected chi connectivity index (χ3v) is 1.97. The third-order valence-electron chi connectivity index (χ3n) is 1.97. The number of azide groups is 1. The predicted molar refractivity (Wildman–Crippen MR) is 61.1 cm³/mol. The quantitative estimate of drug-likeness (QED) is 0.203. The van der Waals surface area contributed by atoms with E-state index in [4.69, 9.17) is 11.3 Å². The molecule has 0 spiro atoms. The summed E-state index contributed by atoms with van der Waals surface area (Å²) < 4.78 is 13.1. The van der Waals surface area contributed by atoms with Crippen LogP contribution in [0.1, 0.15) is 17.5 Å². The van der Waals surface area contributed by atoms with E-state index in [9.17, 15) is 4.39 Å². The number of benzene rings is 1. The second-order valence-corrected chi connectivity index (χ2v) is 3.19. The average molecular weight is 218 g/mol. The second-order valence-electron chi connectivity index (χ2n) is 3.19. The molecule has 0 aromatic heterocycles. The fraction of sp³-hybridized carbons (Fsp3) is 0.273. The molecule has 0 fully saturated rings. The Morgan fingerprint density at radius 2 is 2.31 bits per heavy atom. The maximum atomic E-state index is 13.1. The maximum absolute atomic E-state index is 13.1. The lowest BCUT2D eigenvalue weighted by atomic mass is 10.1. The first kappa shape index (κ1) is 11.9. The average Bonchev–Trinajstić information content (AvgIpc) is 2.25. The molecule has 0 radical (unpaired) electrons. The van der Waals surface area contributed by atoms with Crippen LogP contribution in [0.4, 0.5) is 10.1 Å². The number of hydrogen-bond acceptors (Lipinski definition) is 2. The van der Waals surface area contributed by atoms with Gasteiger partial charge >= 0.3 is 0 Å². The normalized spacial score (nSPS) is 8.88. The van der Waals surface area contributed by atoms with Gasteiger partial charge in [-0.05, 0) is 30.2 Å². The molecule has 0 saturated heterocycles. The summed E-state index contributed by atoms with van der Waals surface area (Å²) in [6, 6.07) is 2.86. The second kappa shape index (κ2) is 5.64. The molecule has 1 aromatic carbocycles. The van der Waals surface area contributed by atoms with E-state index >= 15 is 0 Å². The number of nitrogen functional groups attached to an aromatic ring is 1. The van der Waals surface area contributed by atoms with Crippen LogP contribution < -0.4 is 5.73 Å². The third kappa shape index (κ3) is 3.19. The van der Waals surface area contributed by atoms with Crippen LogP contribution in [0.3, 0.4) is 0 Å². The van der Waals surface area contributed by atoms with Crippen molar-refractivity contribution < 1.29 is 4.39 Å². The SMILES string of the molecule is Cc1cc(N)c(F)cc1C#CCCN=[N+]=[N-]. The number of anilines is 1. The first-order chi connectivity index (χ1) is 7.65. The Kier molecular flexibility index (Phi) is 4.19. The van der Waals surface area contributed by atoms with E-state index in [1.807, 2.05) is 6.92 Å². The summed E-state index contributed by atoms with van der Waals surface area (Å²) in [5.74, 6) is 5.15. The molecule has 16 heavy (non-hydrogen) atoms. The molecule has 0 bridgehead atoms. The van der Waals surface area contributed by atoms with E-state index in [1.54, 1.807) is 6.07 Å². The van der Waals surface area contributed by atoms with Crippen LogP contribution in [0.5, 0.6) is 0 Å². The van der Waals surface area contributed by atoms with E-state index in [0.29, 0.717) is 18.5 Å². The Bertz CT molecular complexity index is 493. The molecule has 1 aromatic rings. The van der Waals surface area contributed by atoms with E-state index in [0.717, 1.165) is 5.56 Å². The van der Waals surface area contributed by atoms with E-state index in [-0.39, 0.29) is 5.69 Å². The summed E-state index contributed by atoms with van der Waals surface area (Å²) in [6.45, 7) is 2.13. The molecule has 0 heterocycles. The van der Waals surface area contributed by atoms with Gasteiger partial charge in [0.2, 0.25) is 0 Å². The first-order valence-corrected chi connectivity index (χ1v) is 4.70. The summed E-state index contributed by atoms with van der Waals surface area (Å²) in [6.07, 6.45) is 0.454. The minimum atomic E-state index is -0.468. The van der Waals surface area contributed by atoms with Crippen molar-refractivity contribution in [1.82, 2.24) is 0 Å². The van der Waals surface area contributed by atoms with Crippen molar-refractivity contribution in [2.45, 2.75) is 13.3 Å². The Labute approximate surface area is 92.9 Å². The standard InChI is InChI=1S/C11H11FN4/c1-8-6-11(13)10(12)7-9(8)4-2-3-5-15-16-14/h6-7H,3,5,13H2,1H3. The molecular weight excluding hydrogens is 207 g/mol. The fourth-order valence-corrected chi connectivity index (χ4v) is 1.15. The van der Waals surface area contributed by atoms with Crippen molar-refractivity contribution in [2.24, 2.45) is 5.11 Å². The molecule has 0 amide bonds. The van der Waals surface area contributed by atoms with Gasteiger partial charge in [0.05, 0.1) is 5.69 Å². The van der Waals surface area contributed by atoms with Crippen LogP contribution in [0.25, 0.3) is 10.4 Å². The summed E-state index contributed by atoms with van der Waals surface area (Å²) in [4.78, 5) is 2.60. The number of rotatable bonds is 2. The number of nitrogens with two attached hydrogens (primary N) is 1. The van der Waals surface area contributed by atoms with Gasteiger partial charge in [-0.3, -0.25) is 0 Å². The highest BCUT2D eigenvalue weighted by molar-refractivity contribution is 5.51. The first-order valence-electron chi connectivity index (χ1n) is 4.70. The summed E-state index contributed by atoms with van der Waals surface area (Å²) in [5.41, 5.74) is 15.0. The van der Waals surface area contributed by atoms with E-state index in [2.05, 4.69) is 21.9 Å². The highest BCUT2D eigenvalue weighted by atomic mass is 19.1. The van der Waals surface area contributed by atoms with Gasteiger partial charge < -0.3 is 5.73 Å². The van der Waals surface area contributed by atoms with E-state index < -0.39 is 5.82 Å². The van der Waals surface area contributed by atoms with E-state index in [1.165, 1.54) is 6.07 Å². The van der Waals surface area contributed by atoms with Gasteiger partial charge in [0.25, 0.3) is 0 Å². The Hall–Kier alpha value is -2.18. The van der Waals surface area contributed by atoms with Gasteiger partial charge in [-0.1, -0.05) is 17.0 Å². The molecule has 82 valence electrons. The number of nitrogens with zero attached hydrogens (tertiary/aromatic N) is 3. The van der Waals surface area contributed by atoms with Gasteiger partial charge in [0.15, 0.2) is 0 Å². The molecule has 0 saturated carbocycles. The molecule has 0 aliphatic rings. The van der Waals surface area contributed by atoms with Crippen molar-refractivity contribution in [1.29, 1.82) is 0 Å². The Morgan fingerprint density at radius 3 is 3.00 bits per heavy atom. The van der Waals surface area contributed by atoms with Crippen LogP contribution in [0, 0.1) is 24.6 Å². The van der Waals surface area contributed by atoms with Gasteiger partial charge in [-0.25, -0.2) is 4.39 Å². The van der Waals surface area contributed by atoms with Crippen LogP contribution in [-0.4, -0.2) is 6.54 Å². The smallest absolute Gasteiger partial charge is 0.147 e.